The van der Waals surface area contributed by atoms with Gasteiger partial charge >= 0.3 is 0 Å². The lowest BCUT2D eigenvalue weighted by atomic mass is 10.0. The summed E-state index contributed by atoms with van der Waals surface area (Å²) in [4.78, 5) is 19.1. The van der Waals surface area contributed by atoms with E-state index in [1.807, 2.05) is 13.1 Å². The van der Waals surface area contributed by atoms with Gasteiger partial charge in [0.1, 0.15) is 6.33 Å². The molecule has 0 radical (unpaired) electrons. The van der Waals surface area contributed by atoms with Crippen molar-refractivity contribution in [1.29, 1.82) is 0 Å². The van der Waals surface area contributed by atoms with Gasteiger partial charge < -0.3 is 5.32 Å². The molecule has 1 aromatic carbocycles. The molecule has 2 aromatic heterocycles. The third-order valence-corrected chi connectivity index (χ3v) is 8.73. The van der Waals surface area contributed by atoms with Crippen LogP contribution < -0.4 is 5.32 Å². The van der Waals surface area contributed by atoms with E-state index in [2.05, 4.69) is 94.6 Å². The minimum atomic E-state index is -2.63. The summed E-state index contributed by atoms with van der Waals surface area (Å²) in [5.41, 5.74) is 9.01. The Hall–Kier alpha value is -3.48. The second-order valence-electron chi connectivity index (χ2n) is 13.7. The molecule has 0 aliphatic heterocycles. The van der Waals surface area contributed by atoms with Crippen LogP contribution in [0, 0.1) is 5.92 Å². The lowest BCUT2D eigenvalue weighted by Gasteiger charge is -2.15. The number of hydrogen-bond acceptors (Lipinski definition) is 5. The molecule has 5 nitrogen and oxygen atoms in total. The number of nitrogens with zero attached hydrogens (tertiary/aromatic N) is 4. The average molecular weight is 692 g/mol. The molecule has 1 N–H and O–H groups in total. The predicted molar refractivity (Wildman–Crippen MR) is 212 cm³/mol. The number of aromatic nitrogens is 4. The molecule has 50 heavy (non-hydrogen) atoms. The van der Waals surface area contributed by atoms with Crippen LogP contribution in [-0.2, 0) is 19.3 Å². The van der Waals surface area contributed by atoms with Crippen molar-refractivity contribution in [3.05, 3.63) is 83.2 Å². The summed E-state index contributed by atoms with van der Waals surface area (Å²) in [5, 5.41) is 3.56. The van der Waals surface area contributed by atoms with Crippen LogP contribution in [-0.4, -0.2) is 32.4 Å². The monoisotopic (exact) mass is 692 g/mol. The summed E-state index contributed by atoms with van der Waals surface area (Å²) in [6.07, 6.45) is 16.3. The molecular weight excluding hydrogens is 625 g/mol. The minimum Gasteiger partial charge on any atom is -0.382 e. The number of allylic oxidation sites excluding steroid dienone is 3. The fourth-order valence-corrected chi connectivity index (χ4v) is 4.36. The Bertz CT molecular complexity index is 1420. The van der Waals surface area contributed by atoms with E-state index in [4.69, 9.17) is 9.97 Å². The van der Waals surface area contributed by atoms with E-state index in [0.29, 0.717) is 5.92 Å². The summed E-state index contributed by atoms with van der Waals surface area (Å²) in [6.45, 7) is 26.3. The van der Waals surface area contributed by atoms with E-state index in [0.717, 1.165) is 91.2 Å². The highest BCUT2D eigenvalue weighted by molar-refractivity contribution is 5.65. The molecule has 0 atom stereocenters. The topological polar surface area (TPSA) is 63.6 Å². The van der Waals surface area contributed by atoms with Gasteiger partial charge in [0.25, 0.3) is 5.92 Å². The summed E-state index contributed by atoms with van der Waals surface area (Å²) < 4.78 is 24.1. The van der Waals surface area contributed by atoms with E-state index in [1.54, 1.807) is 13.3 Å². The number of nitrogens with one attached hydrogen (secondary N) is 1. The van der Waals surface area contributed by atoms with Gasteiger partial charge in [-0.1, -0.05) is 117 Å². The van der Waals surface area contributed by atoms with Gasteiger partial charge in [-0.2, -0.15) is 0 Å². The molecule has 7 heteroatoms. The van der Waals surface area contributed by atoms with Crippen molar-refractivity contribution in [3.63, 3.8) is 0 Å². The molecule has 1 fully saturated rings. The minimum absolute atomic E-state index is 0.123. The van der Waals surface area contributed by atoms with Gasteiger partial charge in [0, 0.05) is 19.4 Å². The maximum Gasteiger partial charge on any atom is 0.266 e. The third-order valence-electron chi connectivity index (χ3n) is 8.73. The van der Waals surface area contributed by atoms with E-state index in [9.17, 15) is 8.78 Å². The molecule has 278 valence electrons. The first-order chi connectivity index (χ1) is 23.8. The van der Waals surface area contributed by atoms with Gasteiger partial charge in [0.05, 0.1) is 34.5 Å². The second kappa shape index (κ2) is 23.8. The molecule has 2 heterocycles. The van der Waals surface area contributed by atoms with Crippen LogP contribution in [0.15, 0.2) is 55.0 Å². The van der Waals surface area contributed by atoms with Crippen LogP contribution in [0.5, 0.6) is 0 Å². The Morgan fingerprint density at radius 2 is 1.56 bits per heavy atom. The van der Waals surface area contributed by atoms with E-state index >= 15 is 0 Å². The Morgan fingerprint density at radius 3 is 2.00 bits per heavy atom. The molecule has 1 aliphatic rings. The predicted octanol–water partition coefficient (Wildman–Crippen LogP) is 12.9. The van der Waals surface area contributed by atoms with Crippen molar-refractivity contribution in [2.45, 2.75) is 152 Å². The SMILES string of the molecule is C/C=C(\C)C(C)(F)F.C=C(C)c1ccc(CCc2nc(-c3c(CC)ncnc3C3CC3)ncc2NCCCC)cc1.CCC(C)C.CCCC. The zero-order valence-corrected chi connectivity index (χ0v) is 33.2. The molecule has 0 amide bonds. The van der Waals surface area contributed by atoms with Crippen LogP contribution in [0.4, 0.5) is 14.5 Å². The molecule has 3 aromatic rings. The fraction of sp³-hybridized carbons (Fsp3) is 0.581. The summed E-state index contributed by atoms with van der Waals surface area (Å²) in [6, 6.07) is 8.70. The summed E-state index contributed by atoms with van der Waals surface area (Å²) in [5.74, 6) is -0.457. The molecule has 1 saturated carbocycles. The number of unbranched alkanes of at least 4 members (excludes halogenated alkanes) is 2. The molecule has 0 spiro atoms. The smallest absolute Gasteiger partial charge is 0.266 e. The summed E-state index contributed by atoms with van der Waals surface area (Å²) >= 11 is 0. The van der Waals surface area contributed by atoms with Crippen LogP contribution in [0.2, 0.25) is 0 Å². The highest BCUT2D eigenvalue weighted by Gasteiger charge is 2.30. The van der Waals surface area contributed by atoms with Crippen LogP contribution in [0.1, 0.15) is 155 Å². The summed E-state index contributed by atoms with van der Waals surface area (Å²) in [7, 11) is 0. The molecule has 4 rings (SSSR count). The van der Waals surface area contributed by atoms with Gasteiger partial charge in [-0.3, -0.25) is 0 Å². The average Bonchev–Trinajstić information content (AvgIpc) is 3.96. The maximum absolute atomic E-state index is 12.0. The van der Waals surface area contributed by atoms with Gasteiger partial charge in [-0.05, 0) is 81.9 Å². The van der Waals surface area contributed by atoms with Gasteiger partial charge in [-0.15, -0.1) is 0 Å². The molecule has 1 aliphatic carbocycles. The molecule has 0 unspecified atom stereocenters. The van der Waals surface area contributed by atoms with Crippen molar-refractivity contribution in [2.24, 2.45) is 5.92 Å². The number of anilines is 1. The number of hydrogen-bond donors (Lipinski definition) is 1. The zero-order chi connectivity index (χ0) is 37.7. The second-order valence-corrected chi connectivity index (χ2v) is 13.7. The zero-order valence-electron chi connectivity index (χ0n) is 33.2. The number of halogens is 2. The lowest BCUT2D eigenvalue weighted by Crippen LogP contribution is -2.10. The quantitative estimate of drug-likeness (QED) is 0.135. The van der Waals surface area contributed by atoms with Crippen molar-refractivity contribution in [1.82, 2.24) is 19.9 Å². The van der Waals surface area contributed by atoms with Gasteiger partial charge in [0.2, 0.25) is 0 Å². The highest BCUT2D eigenvalue weighted by Crippen LogP contribution is 2.43. The van der Waals surface area contributed by atoms with Crippen molar-refractivity contribution < 1.29 is 8.78 Å². The standard InChI is InChI=1S/C28H35N5.C6H10F2.C5H12.C4H10/c1-5-7-16-29-25-17-30-28(26-23(6-2)31-18-32-27(26)22-13-14-22)33-24(25)15-10-20-8-11-21(12-9-20)19(3)4;1-4-5(2)6(3,7)8;1-4-5(2)3;1-3-4-2/h8-9,11-12,17-18,22,29H,3,5-7,10,13-16H2,1-2,4H3;4H,1-3H3;5H,4H2,1-3H3;3-4H2,1-2H3/b;5-4+;;. The third kappa shape index (κ3) is 16.5. The largest absolute Gasteiger partial charge is 0.382 e. The van der Waals surface area contributed by atoms with Crippen molar-refractivity contribution in [3.8, 4) is 11.4 Å². The van der Waals surface area contributed by atoms with E-state index in [1.165, 1.54) is 56.2 Å². The maximum atomic E-state index is 12.0. The van der Waals surface area contributed by atoms with Gasteiger partial charge in [-0.25, -0.2) is 28.7 Å². The first kappa shape index (κ1) is 44.5. The first-order valence-corrected chi connectivity index (χ1v) is 19.0. The number of aryl methyl sites for hydroxylation is 3. The Labute approximate surface area is 304 Å². The van der Waals surface area contributed by atoms with Crippen molar-refractivity contribution in [2.75, 3.05) is 11.9 Å². The normalized spacial score (nSPS) is 12.6. The van der Waals surface area contributed by atoms with Crippen molar-refractivity contribution >= 4 is 11.3 Å². The number of rotatable bonds is 14. The fourth-order valence-electron chi connectivity index (χ4n) is 4.36. The molecule has 0 saturated heterocycles. The van der Waals surface area contributed by atoms with Crippen LogP contribution in [0.3, 0.4) is 0 Å². The van der Waals surface area contributed by atoms with E-state index < -0.39 is 5.92 Å². The lowest BCUT2D eigenvalue weighted by molar-refractivity contribution is 0.0633. The van der Waals surface area contributed by atoms with Crippen LogP contribution >= 0.6 is 0 Å². The Kier molecular flexibility index (Phi) is 21.2. The number of benzene rings is 1. The van der Waals surface area contributed by atoms with Gasteiger partial charge in [0.15, 0.2) is 5.82 Å². The Morgan fingerprint density at radius 1 is 0.940 bits per heavy atom. The Balaban J connectivity index is 0.000000610. The molecule has 0 bridgehead atoms. The highest BCUT2D eigenvalue weighted by atomic mass is 19.3. The van der Waals surface area contributed by atoms with E-state index in [-0.39, 0.29) is 5.57 Å². The number of alkyl halides is 2. The molecular formula is C43H67F2N5. The van der Waals surface area contributed by atoms with Crippen LogP contribution in [0.25, 0.3) is 17.0 Å². The first-order valence-electron chi connectivity index (χ1n) is 19.0.